The van der Waals surface area contributed by atoms with E-state index in [1.165, 1.54) is 6.07 Å². The van der Waals surface area contributed by atoms with Gasteiger partial charge in [-0.05, 0) is 38.1 Å². The fourth-order valence-electron chi connectivity index (χ4n) is 1.73. The van der Waals surface area contributed by atoms with Crippen molar-refractivity contribution in [2.75, 3.05) is 0 Å². The van der Waals surface area contributed by atoms with Crippen LogP contribution in [-0.2, 0) is 0 Å². The second-order valence-electron chi connectivity index (χ2n) is 4.42. The predicted molar refractivity (Wildman–Crippen MR) is 72.4 cm³/mol. The predicted octanol–water partition coefficient (Wildman–Crippen LogP) is 3.80. The molecule has 0 fully saturated rings. The van der Waals surface area contributed by atoms with Crippen LogP contribution in [0.15, 0.2) is 30.3 Å². The summed E-state index contributed by atoms with van der Waals surface area (Å²) in [5.41, 5.74) is 5.91. The smallest absolute Gasteiger partial charge is 0.162 e. The van der Waals surface area contributed by atoms with Crippen LogP contribution in [0.2, 0.25) is 0 Å². The Bertz CT molecular complexity index is 568. The van der Waals surface area contributed by atoms with Crippen LogP contribution >= 0.6 is 11.3 Å². The van der Waals surface area contributed by atoms with Gasteiger partial charge in [-0.2, -0.15) is 0 Å². The molecule has 0 radical (unpaired) electrons. The van der Waals surface area contributed by atoms with E-state index < -0.39 is 11.6 Å². The first kappa shape index (κ1) is 14.0. The highest BCUT2D eigenvalue weighted by atomic mass is 32.1. The summed E-state index contributed by atoms with van der Waals surface area (Å²) in [7, 11) is 0. The zero-order valence-electron chi connectivity index (χ0n) is 10.7. The molecule has 2 N–H and O–H groups in total. The molecule has 5 heteroatoms. The third-order valence-corrected chi connectivity index (χ3v) is 3.74. The minimum absolute atomic E-state index is 0.258. The summed E-state index contributed by atoms with van der Waals surface area (Å²) in [4.78, 5) is 2.12. The van der Waals surface area contributed by atoms with Crippen LogP contribution in [0, 0.1) is 18.6 Å². The maximum absolute atomic E-state index is 13.2. The lowest BCUT2D eigenvalue weighted by atomic mass is 10.1. The van der Waals surface area contributed by atoms with Gasteiger partial charge in [-0.1, -0.05) is 0 Å². The molecule has 1 aromatic heterocycles. The molecular weight excluding hydrogens is 268 g/mol. The van der Waals surface area contributed by atoms with Gasteiger partial charge in [0.25, 0.3) is 0 Å². The number of hydrogen-bond acceptors (Lipinski definition) is 3. The molecule has 0 aliphatic carbocycles. The number of rotatable bonds is 4. The molecule has 2 nitrogen and oxygen atoms in total. The van der Waals surface area contributed by atoms with Crippen molar-refractivity contribution in [2.45, 2.75) is 26.0 Å². The third kappa shape index (κ3) is 3.30. The van der Waals surface area contributed by atoms with Gasteiger partial charge in [0.05, 0.1) is 0 Å². The van der Waals surface area contributed by atoms with Crippen molar-refractivity contribution in [2.24, 2.45) is 5.73 Å². The Kier molecular flexibility index (Phi) is 4.17. The largest absolute Gasteiger partial charge is 0.483 e. The van der Waals surface area contributed by atoms with E-state index in [9.17, 15) is 8.78 Å². The van der Waals surface area contributed by atoms with Crippen LogP contribution in [0.25, 0.3) is 0 Å². The van der Waals surface area contributed by atoms with Crippen LogP contribution in [0.4, 0.5) is 8.78 Å². The molecule has 102 valence electrons. The molecular formula is C14H15F2NOS. The maximum Gasteiger partial charge on any atom is 0.162 e. The van der Waals surface area contributed by atoms with Crippen molar-refractivity contribution in [3.8, 4) is 5.75 Å². The van der Waals surface area contributed by atoms with Gasteiger partial charge in [-0.15, -0.1) is 11.3 Å². The first-order valence-corrected chi connectivity index (χ1v) is 6.72. The zero-order chi connectivity index (χ0) is 14.0. The molecule has 0 bridgehead atoms. The molecule has 0 saturated carbocycles. The Hall–Kier alpha value is -1.46. The van der Waals surface area contributed by atoms with Crippen LogP contribution in [0.3, 0.4) is 0 Å². The highest BCUT2D eigenvalue weighted by molar-refractivity contribution is 7.12. The fraction of sp³-hybridized carbons (Fsp3) is 0.286. The van der Waals surface area contributed by atoms with Gasteiger partial charge in [-0.3, -0.25) is 0 Å². The summed E-state index contributed by atoms with van der Waals surface area (Å²) in [6, 6.07) is 7.13. The Morgan fingerprint density at radius 3 is 2.42 bits per heavy atom. The van der Waals surface area contributed by atoms with Gasteiger partial charge in [0, 0.05) is 21.9 Å². The monoisotopic (exact) mass is 283 g/mol. The quantitative estimate of drug-likeness (QED) is 0.926. The minimum Gasteiger partial charge on any atom is -0.483 e. The Labute approximate surface area is 114 Å². The van der Waals surface area contributed by atoms with Crippen LogP contribution in [0.1, 0.15) is 22.8 Å². The molecule has 19 heavy (non-hydrogen) atoms. The van der Waals surface area contributed by atoms with Crippen molar-refractivity contribution in [3.05, 3.63) is 51.7 Å². The Balaban J connectivity index is 2.23. The lowest BCUT2D eigenvalue weighted by Gasteiger charge is -2.21. The van der Waals surface area contributed by atoms with Gasteiger partial charge >= 0.3 is 0 Å². The minimum atomic E-state index is -0.928. The Morgan fingerprint density at radius 2 is 1.89 bits per heavy atom. The second kappa shape index (κ2) is 5.67. The molecule has 0 aliphatic rings. The SMILES string of the molecule is Cc1ccc(C(Oc2ccc(F)c(F)c2)C(C)N)s1. The summed E-state index contributed by atoms with van der Waals surface area (Å²) in [5, 5.41) is 0. The van der Waals surface area contributed by atoms with Crippen LogP contribution in [0.5, 0.6) is 5.75 Å². The zero-order valence-corrected chi connectivity index (χ0v) is 11.5. The summed E-state index contributed by atoms with van der Waals surface area (Å²) in [5.74, 6) is -1.55. The second-order valence-corrected chi connectivity index (χ2v) is 5.74. The van der Waals surface area contributed by atoms with E-state index >= 15 is 0 Å². The van der Waals surface area contributed by atoms with Gasteiger partial charge in [-0.25, -0.2) is 8.78 Å². The molecule has 2 unspecified atom stereocenters. The van der Waals surface area contributed by atoms with E-state index in [1.54, 1.807) is 11.3 Å². The van der Waals surface area contributed by atoms with Crippen molar-refractivity contribution in [3.63, 3.8) is 0 Å². The van der Waals surface area contributed by atoms with E-state index in [-0.39, 0.29) is 17.9 Å². The molecule has 2 rings (SSSR count). The average molecular weight is 283 g/mol. The van der Waals surface area contributed by atoms with Crippen LogP contribution in [-0.4, -0.2) is 6.04 Å². The van der Waals surface area contributed by atoms with Crippen LogP contribution < -0.4 is 10.5 Å². The van der Waals surface area contributed by atoms with Gasteiger partial charge in [0.15, 0.2) is 11.6 Å². The van der Waals surface area contributed by atoms with Crippen molar-refractivity contribution in [1.82, 2.24) is 0 Å². The summed E-state index contributed by atoms with van der Waals surface area (Å²) < 4.78 is 31.7. The maximum atomic E-state index is 13.2. The van der Waals surface area contributed by atoms with E-state index in [0.29, 0.717) is 0 Å². The fourth-order valence-corrected chi connectivity index (χ4v) is 2.75. The lowest BCUT2D eigenvalue weighted by Crippen LogP contribution is -2.28. The lowest BCUT2D eigenvalue weighted by molar-refractivity contribution is 0.183. The number of thiophene rings is 1. The first-order chi connectivity index (χ1) is 8.97. The van der Waals surface area contributed by atoms with Crippen molar-refractivity contribution in [1.29, 1.82) is 0 Å². The topological polar surface area (TPSA) is 35.2 Å². The normalized spacial score (nSPS) is 14.2. The number of hydrogen-bond donors (Lipinski definition) is 1. The van der Waals surface area contributed by atoms with Gasteiger partial charge in [0.1, 0.15) is 11.9 Å². The molecule has 2 atom stereocenters. The van der Waals surface area contributed by atoms with E-state index in [1.807, 2.05) is 26.0 Å². The highest BCUT2D eigenvalue weighted by Gasteiger charge is 2.20. The third-order valence-electron chi connectivity index (χ3n) is 2.67. The van der Waals surface area contributed by atoms with E-state index in [0.717, 1.165) is 21.9 Å². The van der Waals surface area contributed by atoms with Crippen molar-refractivity contribution < 1.29 is 13.5 Å². The van der Waals surface area contributed by atoms with Crippen molar-refractivity contribution >= 4 is 11.3 Å². The molecule has 0 saturated heterocycles. The van der Waals surface area contributed by atoms with Gasteiger partial charge in [0.2, 0.25) is 0 Å². The number of halogens is 2. The Morgan fingerprint density at radius 1 is 1.16 bits per heavy atom. The number of ether oxygens (including phenoxy) is 1. The summed E-state index contributed by atoms with van der Waals surface area (Å²) >= 11 is 1.58. The molecule has 0 amide bonds. The molecule has 2 aromatic rings. The summed E-state index contributed by atoms with van der Waals surface area (Å²) in [6.07, 6.45) is -0.372. The number of benzene rings is 1. The summed E-state index contributed by atoms with van der Waals surface area (Å²) in [6.45, 7) is 3.81. The number of aryl methyl sites for hydroxylation is 1. The molecule has 0 aliphatic heterocycles. The van der Waals surface area contributed by atoms with E-state index in [2.05, 4.69) is 0 Å². The highest BCUT2D eigenvalue weighted by Crippen LogP contribution is 2.30. The molecule has 1 heterocycles. The first-order valence-electron chi connectivity index (χ1n) is 5.91. The number of nitrogens with two attached hydrogens (primary N) is 1. The average Bonchev–Trinajstić information content (AvgIpc) is 2.76. The molecule has 1 aromatic carbocycles. The standard InChI is InChI=1S/C14H15F2NOS/c1-8-3-6-13(19-8)14(9(2)17)18-10-4-5-11(15)12(16)7-10/h3-7,9,14H,17H2,1-2H3. The molecule has 0 spiro atoms. The van der Waals surface area contributed by atoms with Gasteiger partial charge < -0.3 is 10.5 Å². The van der Waals surface area contributed by atoms with E-state index in [4.69, 9.17) is 10.5 Å².